The third-order valence-corrected chi connectivity index (χ3v) is 6.81. The Kier molecular flexibility index (Phi) is 6.61. The molecule has 0 spiro atoms. The molecule has 2 heterocycles. The van der Waals surface area contributed by atoms with Crippen LogP contribution in [0.15, 0.2) is 40.5 Å². The van der Waals surface area contributed by atoms with E-state index in [1.807, 2.05) is 0 Å². The summed E-state index contributed by atoms with van der Waals surface area (Å²) in [6, 6.07) is 9.89. The van der Waals surface area contributed by atoms with Crippen LogP contribution < -0.4 is 11.1 Å². The van der Waals surface area contributed by atoms with Crippen LogP contribution in [-0.2, 0) is 13.0 Å². The molecule has 1 unspecified atom stereocenters. The second-order valence-corrected chi connectivity index (χ2v) is 8.81. The average molecular weight is 381 g/mol. The van der Waals surface area contributed by atoms with Crippen molar-refractivity contribution in [2.24, 2.45) is 16.6 Å². The molecular formula is C24H36N4. The Bertz CT molecular complexity index is 723. The highest BCUT2D eigenvalue weighted by Crippen LogP contribution is 2.37. The zero-order valence-electron chi connectivity index (χ0n) is 17.4. The van der Waals surface area contributed by atoms with E-state index < -0.39 is 0 Å². The van der Waals surface area contributed by atoms with Crippen molar-refractivity contribution in [1.29, 1.82) is 0 Å². The van der Waals surface area contributed by atoms with Gasteiger partial charge < -0.3 is 11.1 Å². The fourth-order valence-corrected chi connectivity index (χ4v) is 5.21. The predicted octanol–water partition coefficient (Wildman–Crippen LogP) is 3.66. The van der Waals surface area contributed by atoms with Gasteiger partial charge in [-0.3, -0.25) is 9.89 Å². The van der Waals surface area contributed by atoms with Gasteiger partial charge in [0.15, 0.2) is 0 Å². The molecule has 2 aliphatic heterocycles. The van der Waals surface area contributed by atoms with Crippen LogP contribution in [0, 0.1) is 5.92 Å². The number of hydrogen-bond donors (Lipinski definition) is 2. The van der Waals surface area contributed by atoms with Gasteiger partial charge in [0.2, 0.25) is 0 Å². The molecule has 0 radical (unpaired) electrons. The maximum atomic E-state index is 5.79. The van der Waals surface area contributed by atoms with Crippen molar-refractivity contribution < 1.29 is 0 Å². The van der Waals surface area contributed by atoms with E-state index in [1.54, 1.807) is 5.57 Å². The quantitative estimate of drug-likeness (QED) is 0.710. The zero-order chi connectivity index (χ0) is 19.3. The Balaban J connectivity index is 1.51. The van der Waals surface area contributed by atoms with Crippen LogP contribution in [0.1, 0.15) is 56.6 Å². The summed E-state index contributed by atoms with van der Waals surface area (Å²) >= 11 is 0. The minimum absolute atomic E-state index is 0.486. The van der Waals surface area contributed by atoms with Gasteiger partial charge in [-0.25, -0.2) is 0 Å². The SMILES string of the molecule is CC1CC=NC2=C1CCC[C@@H]2N(CCCCN)C[C@@H]1Cc2ccccc2CN1. The summed E-state index contributed by atoms with van der Waals surface area (Å²) in [6.45, 7) is 6.38. The van der Waals surface area contributed by atoms with Crippen LogP contribution in [0.3, 0.4) is 0 Å². The number of hydrogen-bond acceptors (Lipinski definition) is 4. The second kappa shape index (κ2) is 9.34. The summed E-state index contributed by atoms with van der Waals surface area (Å²) < 4.78 is 0. The molecule has 3 atom stereocenters. The first-order chi connectivity index (χ1) is 13.8. The molecule has 1 aromatic carbocycles. The maximum absolute atomic E-state index is 5.79. The number of nitrogens with one attached hydrogen (secondary N) is 1. The molecule has 4 nitrogen and oxygen atoms in total. The Morgan fingerprint density at radius 1 is 1.21 bits per heavy atom. The van der Waals surface area contributed by atoms with Gasteiger partial charge in [0.1, 0.15) is 0 Å². The highest BCUT2D eigenvalue weighted by Gasteiger charge is 2.32. The van der Waals surface area contributed by atoms with Gasteiger partial charge in [0, 0.05) is 25.3 Å². The first-order valence-electron chi connectivity index (χ1n) is 11.3. The third kappa shape index (κ3) is 4.40. The van der Waals surface area contributed by atoms with Gasteiger partial charge in [-0.05, 0) is 80.7 Å². The van der Waals surface area contributed by atoms with Gasteiger partial charge >= 0.3 is 0 Å². The third-order valence-electron chi connectivity index (χ3n) is 6.81. The summed E-state index contributed by atoms with van der Waals surface area (Å²) in [5.74, 6) is 0.667. The van der Waals surface area contributed by atoms with Gasteiger partial charge in [-0.1, -0.05) is 31.2 Å². The number of fused-ring (bicyclic) bond motifs is 1. The van der Waals surface area contributed by atoms with E-state index in [4.69, 9.17) is 10.7 Å². The molecule has 1 aromatic rings. The van der Waals surface area contributed by atoms with Crippen molar-refractivity contribution in [3.63, 3.8) is 0 Å². The minimum Gasteiger partial charge on any atom is -0.330 e. The van der Waals surface area contributed by atoms with Gasteiger partial charge in [0.25, 0.3) is 0 Å². The molecule has 28 heavy (non-hydrogen) atoms. The summed E-state index contributed by atoms with van der Waals surface area (Å²) in [7, 11) is 0. The van der Waals surface area contributed by atoms with E-state index in [2.05, 4.69) is 47.6 Å². The van der Waals surface area contributed by atoms with E-state index in [1.165, 1.54) is 42.5 Å². The van der Waals surface area contributed by atoms with E-state index in [-0.39, 0.29) is 0 Å². The predicted molar refractivity (Wildman–Crippen MR) is 118 cm³/mol. The molecule has 152 valence electrons. The lowest BCUT2D eigenvalue weighted by atomic mass is 9.82. The number of nitrogens with zero attached hydrogens (tertiary/aromatic N) is 2. The fourth-order valence-electron chi connectivity index (χ4n) is 5.21. The minimum atomic E-state index is 0.486. The Hall–Kier alpha value is -1.49. The first-order valence-corrected chi connectivity index (χ1v) is 11.3. The monoisotopic (exact) mass is 380 g/mol. The molecule has 1 aliphatic carbocycles. The number of aliphatic imine (C=N–C) groups is 1. The average Bonchev–Trinajstić information content (AvgIpc) is 2.73. The van der Waals surface area contributed by atoms with E-state index >= 15 is 0 Å². The van der Waals surface area contributed by atoms with Crippen LogP contribution in [-0.4, -0.2) is 42.8 Å². The van der Waals surface area contributed by atoms with Crippen molar-refractivity contribution in [3.8, 4) is 0 Å². The number of allylic oxidation sites excluding steroid dienone is 1. The Morgan fingerprint density at radius 3 is 2.93 bits per heavy atom. The number of unbranched alkanes of at least 4 members (excludes halogenated alkanes) is 1. The number of nitrogens with two attached hydrogens (primary N) is 1. The molecule has 3 aliphatic rings. The number of benzene rings is 1. The first kappa shape index (κ1) is 19.8. The van der Waals surface area contributed by atoms with Crippen LogP contribution in [0.5, 0.6) is 0 Å². The molecule has 3 N–H and O–H groups in total. The zero-order valence-corrected chi connectivity index (χ0v) is 17.4. The topological polar surface area (TPSA) is 53.6 Å². The lowest BCUT2D eigenvalue weighted by Crippen LogP contribution is -2.49. The molecule has 0 amide bonds. The van der Waals surface area contributed by atoms with Crippen LogP contribution in [0.2, 0.25) is 0 Å². The Morgan fingerprint density at radius 2 is 2.07 bits per heavy atom. The number of rotatable bonds is 7. The van der Waals surface area contributed by atoms with Gasteiger partial charge in [0.05, 0.1) is 11.7 Å². The van der Waals surface area contributed by atoms with Gasteiger partial charge in [-0.15, -0.1) is 0 Å². The van der Waals surface area contributed by atoms with E-state index in [0.717, 1.165) is 45.4 Å². The lowest BCUT2D eigenvalue weighted by molar-refractivity contribution is 0.172. The summed E-state index contributed by atoms with van der Waals surface area (Å²) in [6.07, 6.45) is 10.5. The fraction of sp³-hybridized carbons (Fsp3) is 0.625. The van der Waals surface area contributed by atoms with Gasteiger partial charge in [-0.2, -0.15) is 0 Å². The van der Waals surface area contributed by atoms with E-state index in [0.29, 0.717) is 18.0 Å². The largest absolute Gasteiger partial charge is 0.330 e. The summed E-state index contributed by atoms with van der Waals surface area (Å²) in [5, 5.41) is 3.80. The smallest absolute Gasteiger partial charge is 0.0566 e. The van der Waals surface area contributed by atoms with Crippen LogP contribution in [0.4, 0.5) is 0 Å². The second-order valence-electron chi connectivity index (χ2n) is 8.81. The molecule has 0 saturated heterocycles. The molecule has 4 rings (SSSR count). The van der Waals surface area contributed by atoms with Crippen molar-refractivity contribution in [2.75, 3.05) is 19.6 Å². The highest BCUT2D eigenvalue weighted by atomic mass is 15.2. The normalized spacial score (nSPS) is 27.0. The van der Waals surface area contributed by atoms with Crippen LogP contribution in [0.25, 0.3) is 0 Å². The Labute approximate surface area is 170 Å². The highest BCUT2D eigenvalue weighted by molar-refractivity contribution is 5.63. The summed E-state index contributed by atoms with van der Waals surface area (Å²) in [5.41, 5.74) is 11.8. The molecule has 0 aromatic heterocycles. The molecule has 0 fully saturated rings. The van der Waals surface area contributed by atoms with Crippen molar-refractivity contribution >= 4 is 6.21 Å². The molecular weight excluding hydrogens is 344 g/mol. The van der Waals surface area contributed by atoms with E-state index in [9.17, 15) is 0 Å². The van der Waals surface area contributed by atoms with Crippen molar-refractivity contribution in [2.45, 2.75) is 70.5 Å². The molecule has 0 bridgehead atoms. The van der Waals surface area contributed by atoms with Crippen LogP contribution >= 0.6 is 0 Å². The maximum Gasteiger partial charge on any atom is 0.0566 e. The summed E-state index contributed by atoms with van der Waals surface area (Å²) in [4.78, 5) is 7.66. The standard InChI is InChI=1S/C24H36N4/c1-18-11-13-26-24-22(18)9-6-10-23(24)28(14-5-4-12-25)17-21-15-19-7-2-3-8-20(19)16-27-21/h2-3,7-8,13,18,21,23,27H,4-6,9-12,14-17,25H2,1H3/t18?,21-,23-/m0/s1. The molecule has 4 heteroatoms. The van der Waals surface area contributed by atoms with Crippen molar-refractivity contribution in [3.05, 3.63) is 46.7 Å². The van der Waals surface area contributed by atoms with Crippen molar-refractivity contribution in [1.82, 2.24) is 10.2 Å². The molecule has 0 saturated carbocycles. The lowest BCUT2D eigenvalue weighted by Gasteiger charge is -2.40.